The smallest absolute Gasteiger partial charge is 0.233 e. The van der Waals surface area contributed by atoms with Crippen LogP contribution in [0.25, 0.3) is 5.69 Å². The summed E-state index contributed by atoms with van der Waals surface area (Å²) in [6.07, 6.45) is 0.697. The van der Waals surface area contributed by atoms with Gasteiger partial charge in [-0.05, 0) is 41.3 Å². The molecule has 0 spiro atoms. The zero-order valence-corrected chi connectivity index (χ0v) is 19.3. The number of thioether (sulfide) groups is 1. The summed E-state index contributed by atoms with van der Waals surface area (Å²) in [4.78, 5) is 15.7. The molecule has 0 unspecified atom stereocenters. The number of hydrogen-bond donors (Lipinski definition) is 0. The van der Waals surface area contributed by atoms with E-state index in [1.165, 1.54) is 16.6 Å². The number of amides is 1. The molecule has 0 aliphatic carbocycles. The minimum Gasteiger partial charge on any atom is -0.341 e. The normalized spacial score (nSPS) is 10.9. The molecule has 0 saturated heterocycles. The van der Waals surface area contributed by atoms with Gasteiger partial charge >= 0.3 is 0 Å². The Morgan fingerprint density at radius 1 is 1.10 bits per heavy atom. The molecule has 0 saturated carbocycles. The maximum atomic E-state index is 12.7. The van der Waals surface area contributed by atoms with Crippen LogP contribution in [-0.4, -0.2) is 38.4 Å². The van der Waals surface area contributed by atoms with Crippen LogP contribution in [0, 0.1) is 0 Å². The second-order valence-electron chi connectivity index (χ2n) is 6.99. The minimum atomic E-state index is 0.0207. The van der Waals surface area contributed by atoms with Crippen LogP contribution in [0.4, 0.5) is 0 Å². The van der Waals surface area contributed by atoms with E-state index in [2.05, 4.69) is 21.6 Å². The predicted molar refractivity (Wildman–Crippen MR) is 127 cm³/mol. The summed E-state index contributed by atoms with van der Waals surface area (Å²) in [6, 6.07) is 21.7. The molecule has 31 heavy (non-hydrogen) atoms. The van der Waals surface area contributed by atoms with E-state index >= 15 is 0 Å². The largest absolute Gasteiger partial charge is 0.341 e. The van der Waals surface area contributed by atoms with Crippen molar-refractivity contribution < 1.29 is 4.79 Å². The zero-order valence-electron chi connectivity index (χ0n) is 16.9. The molecule has 0 N–H and O–H groups in total. The van der Waals surface area contributed by atoms with Crippen LogP contribution in [0.2, 0.25) is 5.02 Å². The van der Waals surface area contributed by atoms with Crippen LogP contribution in [0.15, 0.2) is 77.3 Å². The molecule has 1 amide bonds. The first-order valence-corrected chi connectivity index (χ1v) is 12.0. The van der Waals surface area contributed by atoms with Gasteiger partial charge in [0.25, 0.3) is 0 Å². The lowest BCUT2D eigenvalue weighted by Crippen LogP contribution is -2.27. The Labute approximate surface area is 194 Å². The molecule has 2 heterocycles. The highest BCUT2D eigenvalue weighted by Gasteiger charge is 2.18. The summed E-state index contributed by atoms with van der Waals surface area (Å²) < 4.78 is 2.04. The minimum absolute atomic E-state index is 0.0207. The van der Waals surface area contributed by atoms with E-state index in [1.54, 1.807) is 23.3 Å². The summed E-state index contributed by atoms with van der Waals surface area (Å²) >= 11 is 9.15. The molecule has 0 aliphatic heterocycles. The molecule has 8 heteroatoms. The molecule has 0 radical (unpaired) electrons. The van der Waals surface area contributed by atoms with Crippen LogP contribution in [0.1, 0.15) is 16.3 Å². The fourth-order valence-corrected chi connectivity index (χ4v) is 4.97. The number of nitrogens with zero attached hydrogens (tertiary/aromatic N) is 4. The van der Waals surface area contributed by atoms with Crippen LogP contribution >= 0.6 is 34.7 Å². The van der Waals surface area contributed by atoms with Crippen molar-refractivity contribution in [1.82, 2.24) is 19.7 Å². The second-order valence-corrected chi connectivity index (χ2v) is 9.41. The highest BCUT2D eigenvalue weighted by atomic mass is 35.5. The van der Waals surface area contributed by atoms with Gasteiger partial charge in [-0.1, -0.05) is 59.8 Å². The standard InChI is InChI=1S/C23H21ClN4OS2/c1-27(15-17-7-5-8-18(24)13-17)22(29)16-31-23-26-25-21(14-20-11-6-12-30-20)28(23)19-9-3-2-4-10-19/h2-13H,14-16H2,1H3. The van der Waals surface area contributed by atoms with Gasteiger partial charge < -0.3 is 4.90 Å². The van der Waals surface area contributed by atoms with Crippen LogP contribution < -0.4 is 0 Å². The highest BCUT2D eigenvalue weighted by Crippen LogP contribution is 2.25. The van der Waals surface area contributed by atoms with Gasteiger partial charge in [0, 0.05) is 35.6 Å². The lowest BCUT2D eigenvalue weighted by Gasteiger charge is -2.17. The third kappa shape index (κ3) is 5.55. The van der Waals surface area contributed by atoms with Gasteiger partial charge in [-0.15, -0.1) is 21.5 Å². The van der Waals surface area contributed by atoms with Crippen LogP contribution in [0.3, 0.4) is 0 Å². The topological polar surface area (TPSA) is 51.0 Å². The molecular formula is C23H21ClN4OS2. The van der Waals surface area contributed by atoms with Crippen molar-refractivity contribution in [2.45, 2.75) is 18.1 Å². The molecule has 5 nitrogen and oxygen atoms in total. The molecule has 4 rings (SSSR count). The van der Waals surface area contributed by atoms with Crippen molar-refractivity contribution in [1.29, 1.82) is 0 Å². The third-order valence-corrected chi connectivity index (χ3v) is 6.71. The third-order valence-electron chi connectivity index (χ3n) is 4.69. The number of hydrogen-bond acceptors (Lipinski definition) is 5. The van der Waals surface area contributed by atoms with E-state index in [1.807, 2.05) is 65.2 Å². The van der Waals surface area contributed by atoms with E-state index in [0.29, 0.717) is 23.1 Å². The number of carbonyl (C=O) groups is 1. The maximum Gasteiger partial charge on any atom is 0.233 e. The summed E-state index contributed by atoms with van der Waals surface area (Å²) in [7, 11) is 1.80. The van der Waals surface area contributed by atoms with E-state index in [9.17, 15) is 4.79 Å². The van der Waals surface area contributed by atoms with Crippen molar-refractivity contribution >= 4 is 40.6 Å². The molecule has 0 fully saturated rings. The van der Waals surface area contributed by atoms with Crippen molar-refractivity contribution in [2.75, 3.05) is 12.8 Å². The summed E-state index contributed by atoms with van der Waals surface area (Å²) in [5.41, 5.74) is 1.99. The first-order valence-electron chi connectivity index (χ1n) is 9.73. The fourth-order valence-electron chi connectivity index (χ4n) is 3.15. The second kappa shape index (κ2) is 10.1. The Bertz CT molecular complexity index is 1150. The number of aromatic nitrogens is 3. The van der Waals surface area contributed by atoms with Gasteiger partial charge in [0.05, 0.1) is 5.75 Å². The van der Waals surface area contributed by atoms with Crippen LogP contribution in [0.5, 0.6) is 0 Å². The van der Waals surface area contributed by atoms with Gasteiger partial charge in [0.15, 0.2) is 5.16 Å². The summed E-state index contributed by atoms with van der Waals surface area (Å²) in [5.74, 6) is 1.16. The molecular weight excluding hydrogens is 448 g/mol. The first-order chi connectivity index (χ1) is 15.1. The Kier molecular flexibility index (Phi) is 7.06. The average molecular weight is 469 g/mol. The van der Waals surface area contributed by atoms with E-state index in [4.69, 9.17) is 11.6 Å². The molecule has 4 aromatic rings. The fraction of sp³-hybridized carbons (Fsp3) is 0.174. The molecule has 158 valence electrons. The lowest BCUT2D eigenvalue weighted by molar-refractivity contribution is -0.127. The quantitative estimate of drug-likeness (QED) is 0.328. The van der Waals surface area contributed by atoms with Gasteiger partial charge in [0.1, 0.15) is 5.82 Å². The van der Waals surface area contributed by atoms with E-state index in [-0.39, 0.29) is 11.7 Å². The Balaban J connectivity index is 1.48. The average Bonchev–Trinajstić information content (AvgIpc) is 3.43. The van der Waals surface area contributed by atoms with Gasteiger partial charge in [-0.25, -0.2) is 0 Å². The summed E-state index contributed by atoms with van der Waals surface area (Å²) in [5, 5.41) is 12.3. The number of thiophene rings is 1. The van der Waals surface area contributed by atoms with Gasteiger partial charge in [0.2, 0.25) is 5.91 Å². The molecule has 2 aromatic carbocycles. The summed E-state index contributed by atoms with van der Waals surface area (Å²) in [6.45, 7) is 0.509. The Morgan fingerprint density at radius 2 is 1.94 bits per heavy atom. The lowest BCUT2D eigenvalue weighted by atomic mass is 10.2. The monoisotopic (exact) mass is 468 g/mol. The van der Waals surface area contributed by atoms with E-state index in [0.717, 1.165) is 17.1 Å². The number of rotatable bonds is 8. The molecule has 0 atom stereocenters. The first kappa shape index (κ1) is 21.6. The number of halogens is 1. The van der Waals surface area contributed by atoms with Crippen molar-refractivity contribution in [3.05, 3.63) is 93.4 Å². The van der Waals surface area contributed by atoms with Crippen molar-refractivity contribution in [3.63, 3.8) is 0 Å². The number of benzene rings is 2. The number of carbonyl (C=O) groups excluding carboxylic acids is 1. The Morgan fingerprint density at radius 3 is 2.68 bits per heavy atom. The van der Waals surface area contributed by atoms with Gasteiger partial charge in [-0.3, -0.25) is 9.36 Å². The number of para-hydroxylation sites is 1. The SMILES string of the molecule is CN(Cc1cccc(Cl)c1)C(=O)CSc1nnc(Cc2cccs2)n1-c1ccccc1. The highest BCUT2D eigenvalue weighted by molar-refractivity contribution is 7.99. The van der Waals surface area contributed by atoms with E-state index < -0.39 is 0 Å². The Hall–Kier alpha value is -2.61. The zero-order chi connectivity index (χ0) is 21.6. The predicted octanol–water partition coefficient (Wildman–Crippen LogP) is 5.32. The van der Waals surface area contributed by atoms with Gasteiger partial charge in [-0.2, -0.15) is 0 Å². The molecule has 2 aromatic heterocycles. The maximum absolute atomic E-state index is 12.7. The van der Waals surface area contributed by atoms with Crippen molar-refractivity contribution in [3.8, 4) is 5.69 Å². The molecule has 0 bridgehead atoms. The molecule has 0 aliphatic rings. The van der Waals surface area contributed by atoms with Crippen molar-refractivity contribution in [2.24, 2.45) is 0 Å². The van der Waals surface area contributed by atoms with Crippen LogP contribution in [-0.2, 0) is 17.8 Å².